The largest absolute Gasteiger partial charge is 3.00 e. The molecular weight excluding hydrogens is 595 g/mol. The minimum atomic E-state index is 0. The van der Waals surface area contributed by atoms with Crippen molar-refractivity contribution in [2.24, 2.45) is 0 Å². The van der Waals surface area contributed by atoms with Crippen LogP contribution in [0, 0.1) is 0 Å². The molecule has 0 atom stereocenters. The van der Waals surface area contributed by atoms with E-state index in [1.165, 1.54) is 0 Å². The molecule has 0 unspecified atom stereocenters. The van der Waals surface area contributed by atoms with E-state index in [2.05, 4.69) is 0 Å². The molecule has 0 rings (SSSR count). The van der Waals surface area contributed by atoms with Gasteiger partial charge in [-0.2, -0.15) is 0 Å². The second kappa shape index (κ2) is 92.6. The molecule has 0 aromatic heterocycles. The van der Waals surface area contributed by atoms with Crippen LogP contribution >= 0.6 is 0 Å². The molecule has 0 aromatic rings. The molecule has 0 fully saturated rings. The van der Waals surface area contributed by atoms with Crippen molar-refractivity contribution in [2.45, 2.75) is 0 Å². The zero-order chi connectivity index (χ0) is 0. The fourth-order valence-corrected chi connectivity index (χ4v) is 0. The van der Waals surface area contributed by atoms with E-state index in [1.54, 1.807) is 0 Å². The minimum Gasteiger partial charge on any atom is -0.870 e. The molecule has 0 spiro atoms. The Morgan fingerprint density at radius 1 is 0.625 bits per heavy atom. The number of rotatable bonds is 0. The van der Waals surface area contributed by atoms with E-state index < -0.39 is 0 Å². The molecular formula is H4BiNbO4TaTi+3. The maximum absolute atomic E-state index is 0. The van der Waals surface area contributed by atoms with Crippen LogP contribution < -0.4 is 0 Å². The fraction of sp³-hybridized carbons (Fsp3) is 0. The van der Waals surface area contributed by atoms with Gasteiger partial charge in [0.15, 0.2) is 0 Å². The van der Waals surface area contributed by atoms with Gasteiger partial charge in [0.1, 0.15) is 0 Å². The predicted octanol–water partition coefficient (Wildman–Crippen LogP) is -1.10. The first-order valence-corrected chi connectivity index (χ1v) is 0. The van der Waals surface area contributed by atoms with Crippen molar-refractivity contribution in [3.63, 3.8) is 0 Å². The third kappa shape index (κ3) is 65.7. The van der Waals surface area contributed by atoms with Crippen LogP contribution in [-0.2, 0) is 66.5 Å². The first-order valence-electron chi connectivity index (χ1n) is 0. The van der Waals surface area contributed by atoms with Gasteiger partial charge in [0.2, 0.25) is 0 Å². The smallest absolute Gasteiger partial charge is 0.870 e. The first kappa shape index (κ1) is 126. The SMILES string of the molecule is [Bi+3].[Nb+2].[OH-].[OH-].[OH-].[OH-].[Ta+2].[Ti]. The zero-order valence-corrected chi connectivity index (χ0v) is 14.1. The van der Waals surface area contributed by atoms with Gasteiger partial charge in [-0.1, -0.05) is 0 Å². The summed E-state index contributed by atoms with van der Waals surface area (Å²) in [6.45, 7) is 0. The maximum atomic E-state index is 0. The van der Waals surface area contributed by atoms with Gasteiger partial charge in [0, 0.05) is 21.7 Å². The molecule has 0 heterocycles. The second-order valence-corrected chi connectivity index (χ2v) is 0. The van der Waals surface area contributed by atoms with E-state index in [0.717, 1.165) is 0 Å². The van der Waals surface area contributed by atoms with Crippen molar-refractivity contribution in [1.82, 2.24) is 0 Å². The van der Waals surface area contributed by atoms with Crippen LogP contribution in [0.5, 0.6) is 0 Å². The molecule has 0 aliphatic heterocycles. The van der Waals surface area contributed by atoms with Gasteiger partial charge in [-0.25, -0.2) is 0 Å². The third-order valence-corrected chi connectivity index (χ3v) is 0. The molecule has 8 heteroatoms. The van der Waals surface area contributed by atoms with Crippen molar-refractivity contribution in [1.29, 1.82) is 0 Å². The van der Waals surface area contributed by atoms with Crippen LogP contribution in [-0.4, -0.2) is 48.1 Å². The Hall–Kier alpha value is 2.92. The molecule has 0 aliphatic rings. The maximum Gasteiger partial charge on any atom is 3.00 e. The van der Waals surface area contributed by atoms with Crippen molar-refractivity contribution in [3.8, 4) is 0 Å². The van der Waals surface area contributed by atoms with Crippen LogP contribution in [0.4, 0.5) is 0 Å². The van der Waals surface area contributed by atoms with Crippen molar-refractivity contribution in [3.05, 3.63) is 0 Å². The molecule has 8 heavy (non-hydrogen) atoms. The average Bonchev–Trinajstić information content (AvgIpc) is 0. The summed E-state index contributed by atoms with van der Waals surface area (Å²) in [6, 6.07) is 0. The minimum absolute atomic E-state index is 0. The Kier molecular flexibility index (Phi) is 1460. The van der Waals surface area contributed by atoms with E-state index >= 15 is 0 Å². The van der Waals surface area contributed by atoms with Gasteiger partial charge in [-0.05, 0) is 0 Å². The van der Waals surface area contributed by atoms with Gasteiger partial charge in [-0.3, -0.25) is 0 Å². The molecule has 4 radical (unpaired) electrons. The van der Waals surface area contributed by atoms with Crippen LogP contribution in [0.2, 0.25) is 0 Å². The summed E-state index contributed by atoms with van der Waals surface area (Å²) in [6.07, 6.45) is 0. The quantitative estimate of drug-likeness (QED) is 0.329. The monoisotopic (exact) mass is 599 g/mol. The second-order valence-electron chi connectivity index (χ2n) is 0. The number of hydrogen-bond acceptors (Lipinski definition) is 4. The van der Waals surface area contributed by atoms with Crippen LogP contribution in [0.25, 0.3) is 0 Å². The van der Waals surface area contributed by atoms with E-state index in [0.29, 0.717) is 0 Å². The van der Waals surface area contributed by atoms with Crippen molar-refractivity contribution in [2.75, 3.05) is 0 Å². The fourth-order valence-electron chi connectivity index (χ4n) is 0. The molecule has 44 valence electrons. The molecule has 0 saturated heterocycles. The Morgan fingerprint density at radius 2 is 0.625 bits per heavy atom. The summed E-state index contributed by atoms with van der Waals surface area (Å²) in [5, 5.41) is 0. The molecule has 4 nitrogen and oxygen atoms in total. The Labute approximate surface area is 113 Å². The van der Waals surface area contributed by atoms with Gasteiger partial charge in [0.05, 0.1) is 0 Å². The van der Waals surface area contributed by atoms with Crippen molar-refractivity contribution < 1.29 is 88.4 Å². The van der Waals surface area contributed by atoms with Gasteiger partial charge < -0.3 is 21.9 Å². The Balaban J connectivity index is 0. The molecule has 0 amide bonds. The summed E-state index contributed by atoms with van der Waals surface area (Å²) in [4.78, 5) is 0. The van der Waals surface area contributed by atoms with Gasteiger partial charge >= 0.3 is 71.0 Å². The topological polar surface area (TPSA) is 120 Å². The molecule has 0 aliphatic carbocycles. The van der Waals surface area contributed by atoms with Crippen LogP contribution in [0.3, 0.4) is 0 Å². The summed E-state index contributed by atoms with van der Waals surface area (Å²) < 4.78 is 0. The van der Waals surface area contributed by atoms with Gasteiger partial charge in [0.25, 0.3) is 0 Å². The van der Waals surface area contributed by atoms with Crippen LogP contribution in [0.1, 0.15) is 0 Å². The predicted molar refractivity (Wildman–Crippen MR) is 13.5 cm³/mol. The molecule has 0 saturated carbocycles. The Bertz CT molecular complexity index is 16.0. The average molecular weight is 599 g/mol. The first-order chi connectivity index (χ1) is 0. The van der Waals surface area contributed by atoms with E-state index in [1.807, 2.05) is 0 Å². The number of hydrogen-bond donors (Lipinski definition) is 0. The van der Waals surface area contributed by atoms with E-state index in [9.17, 15) is 0 Å². The molecule has 4 N–H and O–H groups in total. The zero-order valence-electron chi connectivity index (χ0n) is 3.63. The van der Waals surface area contributed by atoms with E-state index in [-0.39, 0.29) is 115 Å². The summed E-state index contributed by atoms with van der Waals surface area (Å²) in [5.74, 6) is 0. The van der Waals surface area contributed by atoms with E-state index in [4.69, 9.17) is 0 Å². The Morgan fingerprint density at radius 3 is 0.625 bits per heavy atom. The molecule has 0 bridgehead atoms. The van der Waals surface area contributed by atoms with Crippen LogP contribution in [0.15, 0.2) is 0 Å². The summed E-state index contributed by atoms with van der Waals surface area (Å²) >= 11 is 0. The van der Waals surface area contributed by atoms with Crippen molar-refractivity contribution >= 4 is 26.2 Å². The normalized spacial score (nSPS) is 0. The molecule has 0 aromatic carbocycles. The standard InChI is InChI=1S/Bi.Nb.4H2O.Ta.Ti/h;;4*1H2;;/q+3;+2;;;;;+2;/p-4. The summed E-state index contributed by atoms with van der Waals surface area (Å²) in [5.41, 5.74) is 0. The van der Waals surface area contributed by atoms with Gasteiger partial charge in [-0.15, -0.1) is 0 Å². The summed E-state index contributed by atoms with van der Waals surface area (Å²) in [7, 11) is 0. The third-order valence-electron chi connectivity index (χ3n) is 0.